The van der Waals surface area contributed by atoms with E-state index in [4.69, 9.17) is 0 Å². The highest BCUT2D eigenvalue weighted by molar-refractivity contribution is 7.98. The molecule has 3 aromatic rings. The number of hydrogen-bond acceptors (Lipinski definition) is 6. The Bertz CT molecular complexity index is 959. The lowest BCUT2D eigenvalue weighted by Crippen LogP contribution is -2.16. The zero-order valence-corrected chi connectivity index (χ0v) is 16.0. The molecule has 5 nitrogen and oxygen atoms in total. The topological polar surface area (TPSA) is 63.2 Å². The average molecular weight is 425 g/mol. The lowest BCUT2D eigenvalue weighted by atomic mass is 10.3. The molecule has 0 saturated carbocycles. The molecule has 2 N–H and O–H groups in total. The van der Waals surface area contributed by atoms with Crippen molar-refractivity contribution >= 4 is 45.5 Å². The Balaban J connectivity index is 1.62. The summed E-state index contributed by atoms with van der Waals surface area (Å²) in [5.41, 5.74) is 1.42. The third-order valence-electron chi connectivity index (χ3n) is 3.40. The molecular weight excluding hydrogens is 411 g/mol. The highest BCUT2D eigenvalue weighted by Crippen LogP contribution is 2.27. The van der Waals surface area contributed by atoms with Crippen molar-refractivity contribution in [1.82, 2.24) is 4.98 Å². The highest BCUT2D eigenvalue weighted by Gasteiger charge is 2.30. The van der Waals surface area contributed by atoms with E-state index < -0.39 is 6.36 Å². The van der Waals surface area contributed by atoms with Crippen molar-refractivity contribution in [3.05, 3.63) is 59.6 Å². The summed E-state index contributed by atoms with van der Waals surface area (Å²) in [6, 6.07) is 12.7. The van der Waals surface area contributed by atoms with Crippen molar-refractivity contribution in [2.75, 3.05) is 16.9 Å². The minimum Gasteiger partial charge on any atom is -0.406 e. The van der Waals surface area contributed by atoms with Gasteiger partial charge >= 0.3 is 6.36 Å². The number of benzene rings is 2. The predicted octanol–water partition coefficient (Wildman–Crippen LogP) is 5.76. The van der Waals surface area contributed by atoms with Crippen LogP contribution in [-0.2, 0) is 0 Å². The molecule has 0 spiro atoms. The van der Waals surface area contributed by atoms with Crippen LogP contribution in [0.4, 0.5) is 29.7 Å². The molecule has 28 heavy (non-hydrogen) atoms. The van der Waals surface area contributed by atoms with E-state index in [2.05, 4.69) is 20.4 Å². The third kappa shape index (κ3) is 5.64. The molecule has 0 saturated heterocycles. The van der Waals surface area contributed by atoms with Crippen LogP contribution >= 0.6 is 23.1 Å². The van der Waals surface area contributed by atoms with Gasteiger partial charge in [0.25, 0.3) is 5.91 Å². The van der Waals surface area contributed by atoms with Gasteiger partial charge in [-0.1, -0.05) is 6.07 Å². The second-order valence-corrected chi connectivity index (χ2v) is 7.16. The summed E-state index contributed by atoms with van der Waals surface area (Å²) in [6.07, 6.45) is -2.79. The van der Waals surface area contributed by atoms with Crippen molar-refractivity contribution in [2.45, 2.75) is 11.3 Å². The van der Waals surface area contributed by atoms with Gasteiger partial charge in [-0.05, 0) is 48.7 Å². The molecule has 1 aromatic heterocycles. The second kappa shape index (κ2) is 8.53. The van der Waals surface area contributed by atoms with Gasteiger partial charge in [-0.2, -0.15) is 0 Å². The Kier molecular flexibility index (Phi) is 6.10. The number of thiazole rings is 1. The number of nitrogens with one attached hydrogen (secondary N) is 2. The summed E-state index contributed by atoms with van der Waals surface area (Å²) in [6.45, 7) is 0. The van der Waals surface area contributed by atoms with Crippen LogP contribution in [0.5, 0.6) is 5.75 Å². The van der Waals surface area contributed by atoms with Crippen molar-refractivity contribution in [3.63, 3.8) is 0 Å². The van der Waals surface area contributed by atoms with Gasteiger partial charge in [0.05, 0.1) is 0 Å². The first kappa shape index (κ1) is 20.0. The minimum atomic E-state index is -4.73. The van der Waals surface area contributed by atoms with E-state index in [1.54, 1.807) is 23.2 Å². The van der Waals surface area contributed by atoms with Crippen molar-refractivity contribution in [2.24, 2.45) is 0 Å². The lowest BCUT2D eigenvalue weighted by Gasteiger charge is -2.09. The molecule has 146 valence electrons. The van der Waals surface area contributed by atoms with Crippen molar-refractivity contribution in [3.8, 4) is 5.75 Å². The van der Waals surface area contributed by atoms with Crippen molar-refractivity contribution in [1.29, 1.82) is 0 Å². The van der Waals surface area contributed by atoms with Crippen LogP contribution in [0.3, 0.4) is 0 Å². The molecule has 0 aliphatic rings. The Labute approximate surface area is 166 Å². The van der Waals surface area contributed by atoms with Gasteiger partial charge in [-0.3, -0.25) is 4.79 Å². The molecule has 0 bridgehead atoms. The van der Waals surface area contributed by atoms with E-state index in [-0.39, 0.29) is 17.4 Å². The molecule has 0 fully saturated rings. The normalized spacial score (nSPS) is 11.1. The molecule has 1 amide bonds. The van der Waals surface area contributed by atoms with E-state index in [0.717, 1.165) is 4.90 Å². The number of halogens is 3. The Morgan fingerprint density at radius 2 is 1.89 bits per heavy atom. The van der Waals surface area contributed by atoms with E-state index in [0.29, 0.717) is 16.5 Å². The summed E-state index contributed by atoms with van der Waals surface area (Å²) in [5.74, 6) is -0.666. The number of aromatic nitrogens is 1. The monoisotopic (exact) mass is 425 g/mol. The lowest BCUT2D eigenvalue weighted by molar-refractivity contribution is -0.274. The number of nitrogens with zero attached hydrogens (tertiary/aromatic N) is 1. The zero-order chi connectivity index (χ0) is 20.1. The maximum atomic E-state index is 12.3. The van der Waals surface area contributed by atoms with Crippen LogP contribution in [-0.4, -0.2) is 23.5 Å². The smallest absolute Gasteiger partial charge is 0.406 e. The van der Waals surface area contributed by atoms with Crippen LogP contribution in [0.15, 0.2) is 58.8 Å². The first-order chi connectivity index (χ1) is 13.3. The summed E-state index contributed by atoms with van der Waals surface area (Å²) in [4.78, 5) is 17.6. The maximum Gasteiger partial charge on any atom is 0.573 e. The van der Waals surface area contributed by atoms with Crippen LogP contribution < -0.4 is 15.4 Å². The maximum absolute atomic E-state index is 12.3. The number of alkyl halides is 3. The van der Waals surface area contributed by atoms with Crippen LogP contribution in [0.25, 0.3) is 0 Å². The van der Waals surface area contributed by atoms with Crippen LogP contribution in [0, 0.1) is 0 Å². The molecule has 10 heteroatoms. The second-order valence-electron chi connectivity index (χ2n) is 5.42. The summed E-state index contributed by atoms with van der Waals surface area (Å²) < 4.78 is 40.4. The quantitative estimate of drug-likeness (QED) is 0.492. The summed E-state index contributed by atoms with van der Waals surface area (Å²) >= 11 is 2.78. The predicted molar refractivity (Wildman–Crippen MR) is 105 cm³/mol. The fourth-order valence-corrected chi connectivity index (χ4v) is 3.37. The molecular formula is C18H14F3N3O2S2. The number of carbonyl (C=O) groups excluding carboxylic acids is 1. The van der Waals surface area contributed by atoms with Gasteiger partial charge in [-0.15, -0.1) is 36.3 Å². The van der Waals surface area contributed by atoms with Gasteiger partial charge in [0.15, 0.2) is 5.13 Å². The molecule has 2 aromatic carbocycles. The van der Waals surface area contributed by atoms with E-state index in [1.807, 2.05) is 24.5 Å². The molecule has 3 rings (SSSR count). The van der Waals surface area contributed by atoms with E-state index >= 15 is 0 Å². The number of thioether (sulfide) groups is 1. The fourth-order valence-electron chi connectivity index (χ4n) is 2.19. The Hall–Kier alpha value is -2.72. The van der Waals surface area contributed by atoms with Gasteiger partial charge in [0.2, 0.25) is 0 Å². The van der Waals surface area contributed by atoms with Gasteiger partial charge < -0.3 is 15.4 Å². The molecule has 1 heterocycles. The number of amides is 1. The Morgan fingerprint density at radius 1 is 1.14 bits per heavy atom. The molecule has 0 aliphatic heterocycles. The van der Waals surface area contributed by atoms with Gasteiger partial charge in [-0.25, -0.2) is 4.98 Å². The SMILES string of the molecule is CSc1cccc(NC(=O)c2csc(Nc3ccc(OC(F)(F)F)cc3)n2)c1. The number of rotatable bonds is 6. The standard InChI is InChI=1S/C18H14F3N3O2S2/c1-27-14-4-2-3-12(9-14)22-16(25)15-10-28-17(24-15)23-11-5-7-13(8-6-11)26-18(19,20)21/h2-10H,1H3,(H,22,25)(H,23,24). The van der Waals surface area contributed by atoms with E-state index in [1.165, 1.54) is 35.6 Å². The number of carbonyl (C=O) groups is 1. The largest absolute Gasteiger partial charge is 0.573 e. The van der Waals surface area contributed by atoms with Gasteiger partial charge in [0.1, 0.15) is 11.4 Å². The summed E-state index contributed by atoms with van der Waals surface area (Å²) in [7, 11) is 0. The van der Waals surface area contributed by atoms with Gasteiger partial charge in [0, 0.05) is 21.7 Å². The van der Waals surface area contributed by atoms with Crippen LogP contribution in [0.1, 0.15) is 10.5 Å². The highest BCUT2D eigenvalue weighted by atomic mass is 32.2. The van der Waals surface area contributed by atoms with Crippen molar-refractivity contribution < 1.29 is 22.7 Å². The molecule has 0 aliphatic carbocycles. The number of anilines is 3. The van der Waals surface area contributed by atoms with Crippen LogP contribution in [0.2, 0.25) is 0 Å². The third-order valence-corrected chi connectivity index (χ3v) is 4.89. The minimum absolute atomic E-state index is 0.235. The zero-order valence-electron chi connectivity index (χ0n) is 14.4. The fraction of sp³-hybridized carbons (Fsp3) is 0.111. The van der Waals surface area contributed by atoms with E-state index in [9.17, 15) is 18.0 Å². The molecule has 0 radical (unpaired) electrons. The summed E-state index contributed by atoms with van der Waals surface area (Å²) in [5, 5.41) is 7.75. The Morgan fingerprint density at radius 3 is 2.57 bits per heavy atom. The first-order valence-electron chi connectivity index (χ1n) is 7.86. The first-order valence-corrected chi connectivity index (χ1v) is 9.96. The average Bonchev–Trinajstić information content (AvgIpc) is 3.11. The number of ether oxygens (including phenoxy) is 1. The molecule has 0 atom stereocenters. The number of hydrogen-bond donors (Lipinski definition) is 2. The molecule has 0 unspecified atom stereocenters.